The zero-order chi connectivity index (χ0) is 7.68. The van der Waals surface area contributed by atoms with Gasteiger partial charge in [0.1, 0.15) is 0 Å². The van der Waals surface area contributed by atoms with Crippen molar-refractivity contribution in [2.45, 2.75) is 25.3 Å². The van der Waals surface area contributed by atoms with Crippen molar-refractivity contribution in [3.05, 3.63) is 0 Å². The van der Waals surface area contributed by atoms with Gasteiger partial charge in [0.05, 0.1) is 0 Å². The minimum Gasteiger partial charge on any atom is -0.320 e. The summed E-state index contributed by atoms with van der Waals surface area (Å²) in [5.41, 5.74) is 0. The van der Waals surface area contributed by atoms with Gasteiger partial charge >= 0.3 is 0 Å². The van der Waals surface area contributed by atoms with Gasteiger partial charge in [0.15, 0.2) is 0 Å². The molecule has 3 aliphatic rings. The summed E-state index contributed by atoms with van der Waals surface area (Å²) in [6.07, 6.45) is 4.32. The number of fused-ring (bicyclic) bond motifs is 1. The van der Waals surface area contributed by atoms with Crippen LogP contribution in [0.2, 0.25) is 0 Å². The molecule has 1 N–H and O–H groups in total. The van der Waals surface area contributed by atoms with Gasteiger partial charge in [-0.15, -0.1) is 0 Å². The smallest absolute Gasteiger partial charge is 0.0102 e. The maximum Gasteiger partial charge on any atom is 0.0102 e. The van der Waals surface area contributed by atoms with Crippen LogP contribution in [0.3, 0.4) is 0 Å². The third kappa shape index (κ3) is 1.42. The normalized spacial score (nSPS) is 35.7. The molecule has 64 valence electrons. The van der Waals surface area contributed by atoms with Crippen molar-refractivity contribution in [2.24, 2.45) is 5.92 Å². The van der Waals surface area contributed by atoms with Crippen molar-refractivity contribution in [1.29, 1.82) is 0 Å². The zero-order valence-electron chi connectivity index (χ0n) is 7.34. The minimum absolute atomic E-state index is 0.983. The molecule has 2 heteroatoms. The molecule has 1 aliphatic carbocycles. The van der Waals surface area contributed by atoms with E-state index < -0.39 is 0 Å². The molecular weight excluding hydrogens is 136 g/mol. The lowest BCUT2D eigenvalue weighted by Gasteiger charge is -2.25. The van der Waals surface area contributed by atoms with E-state index in [0.717, 1.165) is 12.0 Å². The number of hydrogen-bond donors (Lipinski definition) is 1. The summed E-state index contributed by atoms with van der Waals surface area (Å²) in [5, 5.41) is 3.19. The zero-order valence-corrected chi connectivity index (χ0v) is 7.34. The average Bonchev–Trinajstić information content (AvgIpc) is 2.44. The first-order chi connectivity index (χ1) is 5.40. The van der Waals surface area contributed by atoms with E-state index in [4.69, 9.17) is 0 Å². The molecule has 2 heterocycles. The van der Waals surface area contributed by atoms with Gasteiger partial charge < -0.3 is 10.2 Å². The number of nitrogens with one attached hydrogen (secondary N) is 1. The molecule has 0 spiro atoms. The molecule has 2 aliphatic heterocycles. The van der Waals surface area contributed by atoms with Crippen LogP contribution in [0, 0.1) is 5.92 Å². The standard InChI is InChI=1S/C9H18N2/c1-10-3-2-4-11-7-8-5-9(11)6-8/h8-10H,2-7H2,1H3. The largest absolute Gasteiger partial charge is 0.320 e. The molecule has 3 rings (SSSR count). The van der Waals surface area contributed by atoms with Crippen LogP contribution in [0.15, 0.2) is 0 Å². The summed E-state index contributed by atoms with van der Waals surface area (Å²) in [4.78, 5) is 2.67. The van der Waals surface area contributed by atoms with E-state index in [-0.39, 0.29) is 0 Å². The Labute approximate surface area is 69.0 Å². The van der Waals surface area contributed by atoms with Crippen LogP contribution in [0.4, 0.5) is 0 Å². The maximum atomic E-state index is 3.19. The molecule has 1 saturated carbocycles. The molecule has 0 radical (unpaired) electrons. The van der Waals surface area contributed by atoms with Gasteiger partial charge in [-0.05, 0) is 45.3 Å². The quantitative estimate of drug-likeness (QED) is 0.599. The van der Waals surface area contributed by atoms with Crippen LogP contribution < -0.4 is 5.32 Å². The Bertz CT molecular complexity index is 130. The second-order valence-corrected chi connectivity index (χ2v) is 3.94. The van der Waals surface area contributed by atoms with Crippen LogP contribution in [0.5, 0.6) is 0 Å². The maximum absolute atomic E-state index is 3.19. The Morgan fingerprint density at radius 2 is 2.27 bits per heavy atom. The van der Waals surface area contributed by atoms with Crippen molar-refractivity contribution < 1.29 is 0 Å². The second kappa shape index (κ2) is 3.11. The molecule has 0 unspecified atom stereocenters. The SMILES string of the molecule is CNCCCN1CC2CC1C2. The van der Waals surface area contributed by atoms with E-state index in [0.29, 0.717) is 0 Å². The lowest BCUT2D eigenvalue weighted by Crippen LogP contribution is -2.30. The first-order valence-electron chi connectivity index (χ1n) is 4.79. The van der Waals surface area contributed by atoms with Crippen LogP contribution >= 0.6 is 0 Å². The van der Waals surface area contributed by atoms with Crippen LogP contribution in [0.1, 0.15) is 19.3 Å². The summed E-state index contributed by atoms with van der Waals surface area (Å²) in [6.45, 7) is 3.89. The number of nitrogens with zero attached hydrogens (tertiary/aromatic N) is 1. The second-order valence-electron chi connectivity index (χ2n) is 3.94. The molecule has 0 aromatic heterocycles. The van der Waals surface area contributed by atoms with Crippen molar-refractivity contribution in [3.8, 4) is 0 Å². The van der Waals surface area contributed by atoms with E-state index in [1.54, 1.807) is 0 Å². The Morgan fingerprint density at radius 1 is 1.45 bits per heavy atom. The molecule has 2 saturated heterocycles. The van der Waals surface area contributed by atoms with Crippen molar-refractivity contribution >= 4 is 0 Å². The van der Waals surface area contributed by atoms with Gasteiger partial charge in [0.2, 0.25) is 0 Å². The average molecular weight is 154 g/mol. The topological polar surface area (TPSA) is 15.3 Å². The fourth-order valence-corrected chi connectivity index (χ4v) is 2.36. The monoisotopic (exact) mass is 154 g/mol. The molecule has 3 fully saturated rings. The van der Waals surface area contributed by atoms with Crippen LogP contribution in [-0.2, 0) is 0 Å². The van der Waals surface area contributed by atoms with Gasteiger partial charge in [-0.3, -0.25) is 0 Å². The lowest BCUT2D eigenvalue weighted by molar-refractivity contribution is 0.244. The molecule has 11 heavy (non-hydrogen) atoms. The van der Waals surface area contributed by atoms with E-state index in [1.165, 1.54) is 38.9 Å². The molecule has 0 atom stereocenters. The molecule has 0 aromatic rings. The van der Waals surface area contributed by atoms with Crippen molar-refractivity contribution in [3.63, 3.8) is 0 Å². The molecule has 2 nitrogen and oxygen atoms in total. The van der Waals surface area contributed by atoms with E-state index >= 15 is 0 Å². The van der Waals surface area contributed by atoms with Gasteiger partial charge in [-0.1, -0.05) is 0 Å². The van der Waals surface area contributed by atoms with Gasteiger partial charge in [-0.25, -0.2) is 0 Å². The van der Waals surface area contributed by atoms with Gasteiger partial charge in [0, 0.05) is 12.6 Å². The molecular formula is C9H18N2. The summed E-state index contributed by atoms with van der Waals surface area (Å²) in [7, 11) is 2.03. The molecule has 0 aromatic carbocycles. The third-order valence-electron chi connectivity index (χ3n) is 3.09. The van der Waals surface area contributed by atoms with Crippen molar-refractivity contribution in [1.82, 2.24) is 10.2 Å². The highest BCUT2D eigenvalue weighted by atomic mass is 15.2. The van der Waals surface area contributed by atoms with Crippen LogP contribution in [-0.4, -0.2) is 37.6 Å². The number of hydrogen-bond acceptors (Lipinski definition) is 2. The van der Waals surface area contributed by atoms with Gasteiger partial charge in [-0.2, -0.15) is 0 Å². The molecule has 2 bridgehead atoms. The fourth-order valence-electron chi connectivity index (χ4n) is 2.36. The predicted octanol–water partition coefficient (Wildman–Crippen LogP) is 0.690. The summed E-state index contributed by atoms with van der Waals surface area (Å²) in [5.74, 6) is 1.08. The fraction of sp³-hybridized carbons (Fsp3) is 1.00. The summed E-state index contributed by atoms with van der Waals surface area (Å²) < 4.78 is 0. The van der Waals surface area contributed by atoms with E-state index in [1.807, 2.05) is 7.05 Å². The van der Waals surface area contributed by atoms with Gasteiger partial charge in [0.25, 0.3) is 0 Å². The summed E-state index contributed by atoms with van der Waals surface area (Å²) in [6, 6.07) is 0.983. The van der Waals surface area contributed by atoms with E-state index in [9.17, 15) is 0 Å². The molecule has 0 amide bonds. The Kier molecular flexibility index (Phi) is 2.14. The Balaban J connectivity index is 1.64. The first-order valence-corrected chi connectivity index (χ1v) is 4.79. The highest BCUT2D eigenvalue weighted by Crippen LogP contribution is 2.40. The summed E-state index contributed by atoms with van der Waals surface area (Å²) >= 11 is 0. The highest BCUT2D eigenvalue weighted by molar-refractivity contribution is 4.96. The van der Waals surface area contributed by atoms with E-state index in [2.05, 4.69) is 10.2 Å². The minimum atomic E-state index is 0.983. The predicted molar refractivity (Wildman–Crippen MR) is 46.6 cm³/mol. The Morgan fingerprint density at radius 3 is 2.82 bits per heavy atom. The number of rotatable bonds is 4. The van der Waals surface area contributed by atoms with Crippen molar-refractivity contribution in [2.75, 3.05) is 26.7 Å². The Hall–Kier alpha value is -0.0800. The van der Waals surface area contributed by atoms with Crippen LogP contribution in [0.25, 0.3) is 0 Å². The third-order valence-corrected chi connectivity index (χ3v) is 3.09. The highest BCUT2D eigenvalue weighted by Gasteiger charge is 2.41. The lowest BCUT2D eigenvalue weighted by atomic mass is 9.86. The first kappa shape index (κ1) is 7.56.